The zero-order valence-electron chi connectivity index (χ0n) is 12.3. The van der Waals surface area contributed by atoms with Crippen molar-refractivity contribution in [2.75, 3.05) is 0 Å². The zero-order valence-corrected chi connectivity index (χ0v) is 14.7. The van der Waals surface area contributed by atoms with Gasteiger partial charge in [-0.1, -0.05) is 27.5 Å². The molecule has 2 N–H and O–H groups in total. The van der Waals surface area contributed by atoms with E-state index in [1.54, 1.807) is 12.1 Å². The van der Waals surface area contributed by atoms with Gasteiger partial charge in [-0.3, -0.25) is 4.79 Å². The predicted molar refractivity (Wildman–Crippen MR) is 88.1 cm³/mol. The molecule has 0 fully saturated rings. The predicted octanol–water partition coefficient (Wildman–Crippen LogP) is 3.95. The Morgan fingerprint density at radius 3 is 2.32 bits per heavy atom. The number of carboxylic acids is 1. The molecule has 0 bridgehead atoms. The van der Waals surface area contributed by atoms with Gasteiger partial charge in [-0.05, 0) is 23.8 Å². The van der Waals surface area contributed by atoms with Gasteiger partial charge >= 0.3 is 5.97 Å². The number of hydrogen-bond donors (Lipinski definition) is 2. The number of aliphatic carboxylic acids is 1. The molecule has 0 spiro atoms. The molecule has 4 nitrogen and oxygen atoms in total. The summed E-state index contributed by atoms with van der Waals surface area (Å²) in [5, 5.41) is 11.6. The van der Waals surface area contributed by atoms with Gasteiger partial charge in [-0.25, -0.2) is 18.0 Å². The fourth-order valence-corrected chi connectivity index (χ4v) is 2.71. The Morgan fingerprint density at radius 1 is 1.16 bits per heavy atom. The molecule has 132 valence electrons. The van der Waals surface area contributed by atoms with Crippen LogP contribution in [0.25, 0.3) is 0 Å². The Bertz CT molecular complexity index is 824. The van der Waals surface area contributed by atoms with Crippen molar-refractivity contribution in [2.45, 2.75) is 12.5 Å². The number of nitrogens with one attached hydrogen (secondary N) is 1. The van der Waals surface area contributed by atoms with Crippen LogP contribution in [0.4, 0.5) is 13.2 Å². The maximum atomic E-state index is 13.6. The standard InChI is InChI=1S/C16H10BrClF3NO3/c17-10-2-1-8(18)3-7(10)4-13(16(24)25)22-15(23)14-11(20)5-9(19)6-12(14)21/h1-3,5-6,13H,4H2,(H,22,23)(H,24,25)/t13-/m0/s1. The molecule has 0 radical (unpaired) electrons. The second kappa shape index (κ2) is 7.88. The molecule has 0 aliphatic heterocycles. The van der Waals surface area contributed by atoms with Gasteiger partial charge in [-0.2, -0.15) is 0 Å². The average Bonchev–Trinajstić information content (AvgIpc) is 2.49. The summed E-state index contributed by atoms with van der Waals surface area (Å²) in [5.41, 5.74) is -0.585. The van der Waals surface area contributed by atoms with Gasteiger partial charge in [0.15, 0.2) is 0 Å². The van der Waals surface area contributed by atoms with Crippen molar-refractivity contribution in [3.8, 4) is 0 Å². The summed E-state index contributed by atoms with van der Waals surface area (Å²) < 4.78 is 40.7. The van der Waals surface area contributed by atoms with E-state index in [0.717, 1.165) is 0 Å². The third kappa shape index (κ3) is 4.73. The van der Waals surface area contributed by atoms with Crippen LogP contribution < -0.4 is 5.32 Å². The molecule has 9 heteroatoms. The molecule has 0 aliphatic carbocycles. The van der Waals surface area contributed by atoms with Gasteiger partial charge in [-0.15, -0.1) is 0 Å². The molecule has 2 aromatic carbocycles. The SMILES string of the molecule is O=C(N[C@@H](Cc1cc(Cl)ccc1Br)C(=O)O)c1c(F)cc(F)cc1F. The molecule has 2 rings (SSSR count). The van der Waals surface area contributed by atoms with Crippen LogP contribution in [0, 0.1) is 17.5 Å². The van der Waals surface area contributed by atoms with Gasteiger partial charge in [0.1, 0.15) is 29.1 Å². The highest BCUT2D eigenvalue weighted by molar-refractivity contribution is 9.10. The molecule has 1 atom stereocenters. The number of amides is 1. The van der Waals surface area contributed by atoms with E-state index in [-0.39, 0.29) is 6.42 Å². The fraction of sp³-hybridized carbons (Fsp3) is 0.125. The summed E-state index contributed by atoms with van der Waals surface area (Å²) in [5.74, 6) is -6.76. The van der Waals surface area contributed by atoms with E-state index < -0.39 is 40.9 Å². The van der Waals surface area contributed by atoms with Gasteiger partial charge in [0.05, 0.1) is 0 Å². The summed E-state index contributed by atoms with van der Waals surface area (Å²) in [6.45, 7) is 0. The smallest absolute Gasteiger partial charge is 0.326 e. The van der Waals surface area contributed by atoms with Crippen LogP contribution in [0.3, 0.4) is 0 Å². The Balaban J connectivity index is 2.26. The van der Waals surface area contributed by atoms with Crippen molar-refractivity contribution in [1.29, 1.82) is 0 Å². The first-order chi connectivity index (χ1) is 11.7. The largest absolute Gasteiger partial charge is 0.480 e. The molecule has 0 unspecified atom stereocenters. The molecule has 0 aromatic heterocycles. The van der Waals surface area contributed by atoms with Gasteiger partial charge in [0.2, 0.25) is 0 Å². The maximum absolute atomic E-state index is 13.6. The minimum Gasteiger partial charge on any atom is -0.480 e. The van der Waals surface area contributed by atoms with Gasteiger partial charge in [0.25, 0.3) is 5.91 Å². The van der Waals surface area contributed by atoms with E-state index >= 15 is 0 Å². The highest BCUT2D eigenvalue weighted by atomic mass is 79.9. The number of rotatable bonds is 5. The summed E-state index contributed by atoms with van der Waals surface area (Å²) in [7, 11) is 0. The van der Waals surface area contributed by atoms with Crippen LogP contribution >= 0.6 is 27.5 Å². The number of carbonyl (C=O) groups is 2. The zero-order chi connectivity index (χ0) is 18.7. The normalized spacial score (nSPS) is 11.9. The average molecular weight is 437 g/mol. The topological polar surface area (TPSA) is 66.4 Å². The van der Waals surface area contributed by atoms with Crippen molar-refractivity contribution in [1.82, 2.24) is 5.32 Å². The number of hydrogen-bond acceptors (Lipinski definition) is 2. The first-order valence-corrected chi connectivity index (χ1v) is 7.98. The van der Waals surface area contributed by atoms with E-state index in [2.05, 4.69) is 15.9 Å². The molecular formula is C16H10BrClF3NO3. The Labute approximate surface area is 153 Å². The van der Waals surface area contributed by atoms with Crippen LogP contribution in [0.15, 0.2) is 34.8 Å². The highest BCUT2D eigenvalue weighted by Crippen LogP contribution is 2.23. The van der Waals surface area contributed by atoms with E-state index in [0.29, 0.717) is 27.2 Å². The van der Waals surface area contributed by atoms with Crippen LogP contribution in [0.1, 0.15) is 15.9 Å². The Kier molecular flexibility index (Phi) is 6.07. The molecule has 0 saturated carbocycles. The lowest BCUT2D eigenvalue weighted by Crippen LogP contribution is -2.43. The Morgan fingerprint density at radius 2 is 1.76 bits per heavy atom. The van der Waals surface area contributed by atoms with Crippen molar-refractivity contribution in [3.63, 3.8) is 0 Å². The third-order valence-electron chi connectivity index (χ3n) is 3.27. The van der Waals surface area contributed by atoms with Crippen molar-refractivity contribution >= 4 is 39.4 Å². The first kappa shape index (κ1) is 19.3. The quantitative estimate of drug-likeness (QED) is 0.746. The number of benzene rings is 2. The summed E-state index contributed by atoms with van der Waals surface area (Å²) in [4.78, 5) is 23.4. The van der Waals surface area contributed by atoms with Crippen LogP contribution in [0.5, 0.6) is 0 Å². The highest BCUT2D eigenvalue weighted by Gasteiger charge is 2.26. The van der Waals surface area contributed by atoms with Crippen molar-refractivity contribution < 1.29 is 27.9 Å². The summed E-state index contributed by atoms with van der Waals surface area (Å²) in [6.07, 6.45) is -0.188. The lowest BCUT2D eigenvalue weighted by Gasteiger charge is -2.16. The second-order valence-corrected chi connectivity index (χ2v) is 6.34. The number of carbonyl (C=O) groups excluding carboxylic acids is 1. The lowest BCUT2D eigenvalue weighted by atomic mass is 10.1. The fourth-order valence-electron chi connectivity index (χ4n) is 2.11. The van der Waals surface area contributed by atoms with E-state index in [1.165, 1.54) is 6.07 Å². The van der Waals surface area contributed by atoms with Gasteiger partial charge < -0.3 is 10.4 Å². The second-order valence-electron chi connectivity index (χ2n) is 5.05. The molecular weight excluding hydrogens is 427 g/mol. The molecule has 0 aliphatic rings. The van der Waals surface area contributed by atoms with Gasteiger partial charge in [0, 0.05) is 28.0 Å². The minimum atomic E-state index is -1.48. The van der Waals surface area contributed by atoms with Crippen molar-refractivity contribution in [3.05, 3.63) is 68.4 Å². The summed E-state index contributed by atoms with van der Waals surface area (Å²) in [6, 6.07) is 3.85. The lowest BCUT2D eigenvalue weighted by molar-refractivity contribution is -0.139. The molecule has 25 heavy (non-hydrogen) atoms. The number of carboxylic acid groups (broad SMARTS) is 1. The summed E-state index contributed by atoms with van der Waals surface area (Å²) >= 11 is 9.07. The molecule has 0 heterocycles. The van der Waals surface area contributed by atoms with Crippen LogP contribution in [-0.2, 0) is 11.2 Å². The number of halogens is 5. The van der Waals surface area contributed by atoms with Crippen LogP contribution in [0.2, 0.25) is 5.02 Å². The first-order valence-electron chi connectivity index (χ1n) is 6.81. The van der Waals surface area contributed by atoms with Crippen molar-refractivity contribution in [2.24, 2.45) is 0 Å². The van der Waals surface area contributed by atoms with E-state index in [1.807, 2.05) is 5.32 Å². The van der Waals surface area contributed by atoms with Crippen LogP contribution in [-0.4, -0.2) is 23.0 Å². The molecule has 0 saturated heterocycles. The molecule has 1 amide bonds. The third-order valence-corrected chi connectivity index (χ3v) is 4.28. The molecule has 2 aromatic rings. The minimum absolute atomic E-state index is 0.188. The monoisotopic (exact) mass is 435 g/mol. The van der Waals surface area contributed by atoms with E-state index in [4.69, 9.17) is 11.6 Å². The van der Waals surface area contributed by atoms with E-state index in [9.17, 15) is 27.9 Å². The maximum Gasteiger partial charge on any atom is 0.326 e. The Hall–Kier alpha value is -2.06.